The molecule has 1 unspecified atom stereocenters. The van der Waals surface area contributed by atoms with Gasteiger partial charge in [-0.2, -0.15) is 26.3 Å². The Hall–Kier alpha value is -3.12. The van der Waals surface area contributed by atoms with E-state index in [4.69, 9.17) is 9.57 Å². The average Bonchev–Trinajstić information content (AvgIpc) is 2.87. The molecule has 2 saturated heterocycles. The third-order valence-electron chi connectivity index (χ3n) is 7.41. The number of hydrogen-bond donors (Lipinski definition) is 1. The lowest BCUT2D eigenvalue weighted by atomic mass is 9.73. The first-order valence-electron chi connectivity index (χ1n) is 12.8. The maximum Gasteiger partial charge on any atom is 0.416 e. The monoisotopic (exact) mass is 571 g/mol. The number of oxime groups is 1. The van der Waals surface area contributed by atoms with Crippen LogP contribution < -0.4 is 5.32 Å². The van der Waals surface area contributed by atoms with Crippen LogP contribution in [0.1, 0.15) is 62.0 Å². The summed E-state index contributed by atoms with van der Waals surface area (Å²) in [5.74, 6) is -0.229. The average molecular weight is 572 g/mol. The number of carbonyl (C=O) groups excluding carboxylic acids is 1. The lowest BCUT2D eigenvalue weighted by Gasteiger charge is -2.56. The zero-order chi connectivity index (χ0) is 29.3. The number of nitrogens with zero attached hydrogens (tertiary/aromatic N) is 2. The molecule has 2 heterocycles. The smallest absolute Gasteiger partial charge is 0.393 e. The zero-order valence-corrected chi connectivity index (χ0v) is 22.3. The highest BCUT2D eigenvalue weighted by molar-refractivity contribution is 5.80. The molecule has 12 heteroatoms. The van der Waals surface area contributed by atoms with Gasteiger partial charge in [0, 0.05) is 6.54 Å². The van der Waals surface area contributed by atoms with Crippen molar-refractivity contribution in [2.24, 2.45) is 5.16 Å². The SMILES string of the molecule is CC(C)=NOC[C@]12CC[C@@](CO[C@H](C)c3cc(C(F)(F)F)cc(C(F)(F)F)c3)(c3ccccc3)N(CC(=O)N1)C2. The number of piperazine rings is 1. The van der Waals surface area contributed by atoms with Gasteiger partial charge < -0.3 is 14.9 Å². The predicted molar refractivity (Wildman–Crippen MR) is 135 cm³/mol. The second-order valence-corrected chi connectivity index (χ2v) is 10.7. The van der Waals surface area contributed by atoms with Gasteiger partial charge in [0.05, 0.1) is 47.2 Å². The number of hydrogen-bond acceptors (Lipinski definition) is 5. The molecule has 1 amide bonds. The molecule has 2 aliphatic heterocycles. The highest BCUT2D eigenvalue weighted by Crippen LogP contribution is 2.44. The van der Waals surface area contributed by atoms with Crippen molar-refractivity contribution in [2.75, 3.05) is 26.3 Å². The van der Waals surface area contributed by atoms with Crippen LogP contribution >= 0.6 is 0 Å². The van der Waals surface area contributed by atoms with Crippen LogP contribution in [0.5, 0.6) is 0 Å². The molecule has 0 aromatic heterocycles. The van der Waals surface area contributed by atoms with Crippen LogP contribution in [0.3, 0.4) is 0 Å². The Balaban J connectivity index is 1.64. The van der Waals surface area contributed by atoms with E-state index in [1.165, 1.54) is 6.92 Å². The summed E-state index contributed by atoms with van der Waals surface area (Å²) in [6, 6.07) is 10.7. The van der Waals surface area contributed by atoms with E-state index in [9.17, 15) is 31.1 Å². The Morgan fingerprint density at radius 2 is 1.62 bits per heavy atom. The van der Waals surface area contributed by atoms with Crippen LogP contribution in [-0.4, -0.2) is 48.4 Å². The molecule has 2 bridgehead atoms. The maximum absolute atomic E-state index is 13.4. The second-order valence-electron chi connectivity index (χ2n) is 10.7. The van der Waals surface area contributed by atoms with Gasteiger partial charge in [0.25, 0.3) is 0 Å². The number of rotatable bonds is 8. The molecule has 1 N–H and O–H groups in total. The number of carbonyl (C=O) groups is 1. The first-order valence-corrected chi connectivity index (χ1v) is 12.8. The fourth-order valence-electron chi connectivity index (χ4n) is 5.35. The molecule has 2 fully saturated rings. The lowest BCUT2D eigenvalue weighted by Crippen LogP contribution is -2.73. The molecule has 218 valence electrons. The van der Waals surface area contributed by atoms with Crippen molar-refractivity contribution in [3.05, 3.63) is 70.8 Å². The van der Waals surface area contributed by atoms with Crippen molar-refractivity contribution >= 4 is 11.6 Å². The molecule has 2 aromatic rings. The highest BCUT2D eigenvalue weighted by atomic mass is 19.4. The summed E-state index contributed by atoms with van der Waals surface area (Å²) in [7, 11) is 0. The van der Waals surface area contributed by atoms with Crippen molar-refractivity contribution in [2.45, 2.75) is 63.1 Å². The first kappa shape index (κ1) is 29.9. The summed E-state index contributed by atoms with van der Waals surface area (Å²) in [6.45, 7) is 5.50. The van der Waals surface area contributed by atoms with E-state index in [1.807, 2.05) is 35.2 Å². The minimum absolute atomic E-state index is 0.0340. The molecular formula is C28H31F6N3O3. The number of benzene rings is 2. The van der Waals surface area contributed by atoms with Crippen molar-refractivity contribution in [1.82, 2.24) is 10.2 Å². The normalized spacial score (nSPS) is 25.6. The number of halogens is 6. The number of piperidine rings is 1. The molecule has 4 atom stereocenters. The van der Waals surface area contributed by atoms with E-state index in [2.05, 4.69) is 10.5 Å². The van der Waals surface area contributed by atoms with Gasteiger partial charge in [0.1, 0.15) is 6.61 Å². The Labute approximate surface area is 228 Å². The molecule has 2 aromatic carbocycles. The Morgan fingerprint density at radius 1 is 1.00 bits per heavy atom. The molecule has 0 aliphatic carbocycles. The quantitative estimate of drug-likeness (QED) is 0.237. The summed E-state index contributed by atoms with van der Waals surface area (Å²) in [5, 5.41) is 7.01. The van der Waals surface area contributed by atoms with Gasteiger partial charge in [-0.15, -0.1) is 0 Å². The lowest BCUT2D eigenvalue weighted by molar-refractivity contribution is -0.148. The fraction of sp³-hybridized carbons (Fsp3) is 0.500. The number of amides is 1. The van der Waals surface area contributed by atoms with Crippen molar-refractivity contribution < 1.29 is 40.7 Å². The number of nitrogens with one attached hydrogen (secondary N) is 1. The van der Waals surface area contributed by atoms with E-state index in [0.29, 0.717) is 31.5 Å². The van der Waals surface area contributed by atoms with E-state index in [-0.39, 0.29) is 37.3 Å². The molecular weight excluding hydrogens is 540 g/mol. The molecule has 40 heavy (non-hydrogen) atoms. The molecule has 0 spiro atoms. The number of fused-ring (bicyclic) bond motifs is 2. The minimum atomic E-state index is -4.96. The Bertz CT molecular complexity index is 1210. The van der Waals surface area contributed by atoms with E-state index < -0.39 is 40.7 Å². The molecule has 2 aliphatic rings. The molecule has 0 saturated carbocycles. The van der Waals surface area contributed by atoms with Crippen molar-refractivity contribution in [3.63, 3.8) is 0 Å². The summed E-state index contributed by atoms with van der Waals surface area (Å²) < 4.78 is 86.7. The van der Waals surface area contributed by atoms with Gasteiger partial charge in [0.2, 0.25) is 5.91 Å². The molecule has 0 radical (unpaired) electrons. The van der Waals surface area contributed by atoms with E-state index in [0.717, 1.165) is 11.3 Å². The van der Waals surface area contributed by atoms with Crippen LogP contribution in [-0.2, 0) is 32.3 Å². The minimum Gasteiger partial charge on any atom is -0.393 e. The van der Waals surface area contributed by atoms with Gasteiger partial charge in [-0.25, -0.2) is 0 Å². The number of ether oxygens (including phenoxy) is 1. The maximum atomic E-state index is 13.4. The van der Waals surface area contributed by atoms with Gasteiger partial charge in [0.15, 0.2) is 0 Å². The largest absolute Gasteiger partial charge is 0.416 e. The predicted octanol–water partition coefficient (Wildman–Crippen LogP) is 6.07. The van der Waals surface area contributed by atoms with Crippen LogP contribution in [0.25, 0.3) is 0 Å². The third kappa shape index (κ3) is 6.43. The Kier molecular flexibility index (Phi) is 8.24. The number of alkyl halides is 6. The molecule has 6 nitrogen and oxygen atoms in total. The zero-order valence-electron chi connectivity index (χ0n) is 22.3. The topological polar surface area (TPSA) is 63.2 Å². The van der Waals surface area contributed by atoms with Crippen LogP contribution in [0.4, 0.5) is 26.3 Å². The summed E-state index contributed by atoms with van der Waals surface area (Å²) in [6.07, 6.45) is -10.0. The van der Waals surface area contributed by atoms with Crippen LogP contribution in [0, 0.1) is 0 Å². The van der Waals surface area contributed by atoms with Crippen molar-refractivity contribution in [3.8, 4) is 0 Å². The fourth-order valence-corrected chi connectivity index (χ4v) is 5.35. The first-order chi connectivity index (χ1) is 18.6. The van der Waals surface area contributed by atoms with Gasteiger partial charge >= 0.3 is 12.4 Å². The molecule has 4 rings (SSSR count). The van der Waals surface area contributed by atoms with E-state index in [1.54, 1.807) is 13.8 Å². The Morgan fingerprint density at radius 3 is 2.20 bits per heavy atom. The second kappa shape index (κ2) is 11.0. The standard InChI is InChI=1S/C28H31F6N3O3/c1-18(2)36-40-16-25-9-10-26(21-7-5-4-6-8-21,37(15-25)14-24(38)35-25)17-39-19(3)20-11-22(27(29,30)31)13-23(12-20)28(32,33)34/h4-8,11-13,19H,9-10,14-17H2,1-3H3,(H,35,38)/t19-,25-,26-/m1/s1. The van der Waals surface area contributed by atoms with Gasteiger partial charge in [-0.1, -0.05) is 35.5 Å². The highest BCUT2D eigenvalue weighted by Gasteiger charge is 2.53. The van der Waals surface area contributed by atoms with Crippen molar-refractivity contribution in [1.29, 1.82) is 0 Å². The van der Waals surface area contributed by atoms with Crippen LogP contribution in [0.15, 0.2) is 53.7 Å². The summed E-state index contributed by atoms with van der Waals surface area (Å²) in [5.41, 5.74) is -3.05. The third-order valence-corrected chi connectivity index (χ3v) is 7.41. The summed E-state index contributed by atoms with van der Waals surface area (Å²) in [4.78, 5) is 20.3. The van der Waals surface area contributed by atoms with Gasteiger partial charge in [-0.3, -0.25) is 9.69 Å². The van der Waals surface area contributed by atoms with Gasteiger partial charge in [-0.05, 0) is 62.9 Å². The summed E-state index contributed by atoms with van der Waals surface area (Å²) >= 11 is 0. The van der Waals surface area contributed by atoms with E-state index >= 15 is 0 Å². The van der Waals surface area contributed by atoms with Crippen LogP contribution in [0.2, 0.25) is 0 Å².